The van der Waals surface area contributed by atoms with Crippen LogP contribution in [0.4, 0.5) is 4.39 Å². The summed E-state index contributed by atoms with van der Waals surface area (Å²) in [6.07, 6.45) is 3.23. The Morgan fingerprint density at radius 2 is 1.93 bits per heavy atom. The second-order valence-electron chi connectivity index (χ2n) is 5.83. The Kier molecular flexibility index (Phi) is 6.65. The third-order valence-electron chi connectivity index (χ3n) is 3.94. The molecule has 0 saturated heterocycles. The lowest BCUT2D eigenvalue weighted by Crippen LogP contribution is -2.22. The Hall–Kier alpha value is -3.06. The highest BCUT2D eigenvalue weighted by Crippen LogP contribution is 2.18. The number of ketones is 1. The summed E-state index contributed by atoms with van der Waals surface area (Å²) in [4.78, 5) is 16.7. The Bertz CT molecular complexity index is 841. The summed E-state index contributed by atoms with van der Waals surface area (Å²) in [5, 5.41) is 4.05. The number of halogens is 1. The maximum absolute atomic E-state index is 13.4. The van der Waals surface area contributed by atoms with Crippen LogP contribution in [-0.2, 0) is 4.74 Å². The number of nitrogens with zero attached hydrogens (tertiary/aromatic N) is 3. The van der Waals surface area contributed by atoms with E-state index in [-0.39, 0.29) is 5.78 Å². The highest BCUT2D eigenvalue weighted by Gasteiger charge is 2.23. The van der Waals surface area contributed by atoms with Gasteiger partial charge in [-0.05, 0) is 24.3 Å². The van der Waals surface area contributed by atoms with Crippen molar-refractivity contribution < 1.29 is 18.7 Å². The lowest BCUT2D eigenvalue weighted by atomic mass is 10.0. The number of ether oxygens (including phenoxy) is 2. The van der Waals surface area contributed by atoms with Crippen LogP contribution in [0.1, 0.15) is 22.8 Å². The van der Waals surface area contributed by atoms with Crippen molar-refractivity contribution in [2.24, 2.45) is 0 Å². The van der Waals surface area contributed by atoms with E-state index in [2.05, 4.69) is 10.1 Å². The summed E-state index contributed by atoms with van der Waals surface area (Å²) < 4.78 is 26.0. The second kappa shape index (κ2) is 9.59. The van der Waals surface area contributed by atoms with E-state index in [4.69, 9.17) is 9.47 Å². The summed E-state index contributed by atoms with van der Waals surface area (Å²) in [5.74, 6) is 0.0968. The van der Waals surface area contributed by atoms with Crippen LogP contribution in [0.3, 0.4) is 0 Å². The molecule has 3 rings (SSSR count). The SMILES string of the molecule is O=C(c1cccc(F)c1)C(CCOCCOc1ccccc1)n1cncn1. The van der Waals surface area contributed by atoms with Crippen LogP contribution in [0.5, 0.6) is 5.75 Å². The second-order valence-corrected chi connectivity index (χ2v) is 5.83. The fourth-order valence-corrected chi connectivity index (χ4v) is 2.63. The van der Waals surface area contributed by atoms with Gasteiger partial charge in [0.2, 0.25) is 0 Å². The Morgan fingerprint density at radius 1 is 1.07 bits per heavy atom. The molecular formula is C20H20FN3O3. The quantitative estimate of drug-likeness (QED) is 0.405. The molecule has 3 aromatic rings. The highest BCUT2D eigenvalue weighted by molar-refractivity contribution is 5.98. The third-order valence-corrected chi connectivity index (χ3v) is 3.94. The first-order valence-corrected chi connectivity index (χ1v) is 8.63. The van der Waals surface area contributed by atoms with Crippen LogP contribution in [0, 0.1) is 5.82 Å². The Labute approximate surface area is 156 Å². The normalized spacial score (nSPS) is 11.9. The van der Waals surface area contributed by atoms with Gasteiger partial charge in [-0.1, -0.05) is 30.3 Å². The van der Waals surface area contributed by atoms with Gasteiger partial charge in [0.15, 0.2) is 5.78 Å². The first-order valence-electron chi connectivity index (χ1n) is 8.63. The molecule has 0 saturated carbocycles. The number of para-hydroxylation sites is 1. The fraction of sp³-hybridized carbons (Fsp3) is 0.250. The van der Waals surface area contributed by atoms with Crippen molar-refractivity contribution >= 4 is 5.78 Å². The molecule has 0 N–H and O–H groups in total. The van der Waals surface area contributed by atoms with E-state index in [1.165, 1.54) is 35.5 Å². The molecule has 1 unspecified atom stereocenters. The topological polar surface area (TPSA) is 66.2 Å². The standard InChI is InChI=1S/C20H20FN3O3/c21-17-6-4-5-16(13-17)20(25)19(24-15-22-14-23-24)9-10-26-11-12-27-18-7-2-1-3-8-18/h1-8,13-15,19H,9-12H2. The molecule has 0 radical (unpaired) electrons. The van der Waals surface area contributed by atoms with Crippen LogP contribution in [0.15, 0.2) is 67.3 Å². The average Bonchev–Trinajstić information content (AvgIpc) is 3.22. The summed E-state index contributed by atoms with van der Waals surface area (Å²) in [6, 6.07) is 14.5. The molecule has 1 atom stereocenters. The predicted molar refractivity (Wildman–Crippen MR) is 97.2 cm³/mol. The number of Topliss-reactive ketones (excluding diaryl/α,β-unsaturated/α-hetero) is 1. The lowest BCUT2D eigenvalue weighted by molar-refractivity contribution is 0.0761. The number of aromatic nitrogens is 3. The van der Waals surface area contributed by atoms with Crippen LogP contribution in [0.2, 0.25) is 0 Å². The number of carbonyl (C=O) groups is 1. The van der Waals surface area contributed by atoms with E-state index in [0.717, 1.165) is 5.75 Å². The number of hydrogen-bond acceptors (Lipinski definition) is 5. The van der Waals surface area contributed by atoms with Crippen molar-refractivity contribution in [3.05, 3.63) is 78.6 Å². The van der Waals surface area contributed by atoms with E-state index in [1.807, 2.05) is 30.3 Å². The first-order chi connectivity index (χ1) is 13.2. The van der Waals surface area contributed by atoms with Crippen LogP contribution >= 0.6 is 0 Å². The zero-order valence-corrected chi connectivity index (χ0v) is 14.7. The molecule has 27 heavy (non-hydrogen) atoms. The van der Waals surface area contributed by atoms with Gasteiger partial charge in [0.25, 0.3) is 0 Å². The summed E-state index contributed by atoms with van der Waals surface area (Å²) in [5.41, 5.74) is 0.294. The van der Waals surface area contributed by atoms with Gasteiger partial charge in [-0.3, -0.25) is 4.79 Å². The van der Waals surface area contributed by atoms with Crippen molar-refractivity contribution in [2.75, 3.05) is 19.8 Å². The number of carbonyl (C=O) groups excluding carboxylic acids is 1. The van der Waals surface area contributed by atoms with Gasteiger partial charge >= 0.3 is 0 Å². The van der Waals surface area contributed by atoms with Gasteiger partial charge in [0, 0.05) is 18.6 Å². The molecule has 0 aliphatic rings. The molecule has 7 heteroatoms. The van der Waals surface area contributed by atoms with Gasteiger partial charge in [0.1, 0.15) is 36.9 Å². The lowest BCUT2D eigenvalue weighted by Gasteiger charge is -2.16. The maximum Gasteiger partial charge on any atom is 0.187 e. The smallest absolute Gasteiger partial charge is 0.187 e. The largest absolute Gasteiger partial charge is 0.491 e. The number of benzene rings is 2. The molecule has 6 nitrogen and oxygen atoms in total. The fourth-order valence-electron chi connectivity index (χ4n) is 2.63. The van der Waals surface area contributed by atoms with E-state index in [1.54, 1.807) is 6.07 Å². The van der Waals surface area contributed by atoms with Gasteiger partial charge in [0.05, 0.1) is 6.61 Å². The predicted octanol–water partition coefficient (Wildman–Crippen LogP) is 3.33. The highest BCUT2D eigenvalue weighted by atomic mass is 19.1. The van der Waals surface area contributed by atoms with Crippen molar-refractivity contribution in [3.63, 3.8) is 0 Å². The van der Waals surface area contributed by atoms with Gasteiger partial charge in [-0.2, -0.15) is 5.10 Å². The Balaban J connectivity index is 1.51. The molecule has 2 aromatic carbocycles. The first kappa shape index (κ1) is 18.7. The summed E-state index contributed by atoms with van der Waals surface area (Å²) >= 11 is 0. The van der Waals surface area contributed by atoms with Crippen molar-refractivity contribution in [1.82, 2.24) is 14.8 Å². The van der Waals surface area contributed by atoms with E-state index in [0.29, 0.717) is 31.8 Å². The zero-order chi connectivity index (χ0) is 18.9. The summed E-state index contributed by atoms with van der Waals surface area (Å²) in [7, 11) is 0. The molecule has 1 aromatic heterocycles. The molecule has 0 aliphatic carbocycles. The van der Waals surface area contributed by atoms with Crippen molar-refractivity contribution in [1.29, 1.82) is 0 Å². The molecule has 0 amide bonds. The minimum atomic E-state index is -0.607. The minimum Gasteiger partial charge on any atom is -0.491 e. The average molecular weight is 369 g/mol. The monoisotopic (exact) mass is 369 g/mol. The molecule has 0 spiro atoms. The third kappa shape index (κ3) is 5.46. The molecule has 140 valence electrons. The van der Waals surface area contributed by atoms with E-state index in [9.17, 15) is 9.18 Å². The van der Waals surface area contributed by atoms with Gasteiger partial charge < -0.3 is 9.47 Å². The molecule has 0 fully saturated rings. The van der Waals surface area contributed by atoms with Crippen molar-refractivity contribution in [2.45, 2.75) is 12.5 Å². The van der Waals surface area contributed by atoms with Crippen LogP contribution in [-0.4, -0.2) is 40.4 Å². The summed E-state index contributed by atoms with van der Waals surface area (Å²) in [6.45, 7) is 1.15. The van der Waals surface area contributed by atoms with Gasteiger partial charge in [-0.25, -0.2) is 14.1 Å². The zero-order valence-electron chi connectivity index (χ0n) is 14.7. The van der Waals surface area contributed by atoms with E-state index < -0.39 is 11.9 Å². The van der Waals surface area contributed by atoms with Crippen LogP contribution < -0.4 is 4.74 Å². The minimum absolute atomic E-state index is 0.232. The molecule has 0 bridgehead atoms. The molecule has 0 aliphatic heterocycles. The number of hydrogen-bond donors (Lipinski definition) is 0. The van der Waals surface area contributed by atoms with Gasteiger partial charge in [-0.15, -0.1) is 0 Å². The maximum atomic E-state index is 13.4. The molecular weight excluding hydrogens is 349 g/mol. The van der Waals surface area contributed by atoms with Crippen molar-refractivity contribution in [3.8, 4) is 5.75 Å². The molecule has 1 heterocycles. The number of rotatable bonds is 10. The van der Waals surface area contributed by atoms with E-state index >= 15 is 0 Å². The Morgan fingerprint density at radius 3 is 2.67 bits per heavy atom. The van der Waals surface area contributed by atoms with Crippen LogP contribution in [0.25, 0.3) is 0 Å².